The van der Waals surface area contributed by atoms with Crippen LogP contribution in [0.15, 0.2) is 11.0 Å². The van der Waals surface area contributed by atoms with E-state index in [1.165, 1.54) is 0 Å². The number of carbonyl (C=O) groups is 1. The molecule has 0 amide bonds. The van der Waals surface area contributed by atoms with Gasteiger partial charge in [-0.05, 0) is 24.8 Å². The van der Waals surface area contributed by atoms with E-state index in [-0.39, 0.29) is 23.7 Å². The van der Waals surface area contributed by atoms with Crippen molar-refractivity contribution < 1.29 is 27.4 Å². The van der Waals surface area contributed by atoms with Crippen molar-refractivity contribution in [3.63, 3.8) is 0 Å². The number of Topliss-reactive ketones (excluding diaryl/α,β-unsaturated/α-hetero) is 1. The maximum absolute atomic E-state index is 14.7. The van der Waals surface area contributed by atoms with E-state index in [4.69, 9.17) is 9.47 Å². The van der Waals surface area contributed by atoms with Gasteiger partial charge in [0.1, 0.15) is 11.6 Å². The van der Waals surface area contributed by atoms with Crippen molar-refractivity contribution in [1.82, 2.24) is 0 Å². The van der Waals surface area contributed by atoms with Crippen LogP contribution in [0.3, 0.4) is 0 Å². The normalized spacial score (nSPS) is 17.2. The van der Waals surface area contributed by atoms with Gasteiger partial charge in [-0.15, -0.1) is 0 Å². The monoisotopic (exact) mass is 322 g/mol. The highest BCUT2D eigenvalue weighted by Crippen LogP contribution is 2.49. The zero-order valence-electron chi connectivity index (χ0n) is 12.0. The van der Waals surface area contributed by atoms with Gasteiger partial charge in [-0.3, -0.25) is 4.79 Å². The van der Waals surface area contributed by atoms with Crippen LogP contribution >= 0.6 is 10.0 Å². The van der Waals surface area contributed by atoms with Gasteiger partial charge < -0.3 is 9.47 Å². The summed E-state index contributed by atoms with van der Waals surface area (Å²) in [7, 11) is -1.77. The fourth-order valence-electron chi connectivity index (χ4n) is 2.25. The lowest BCUT2D eigenvalue weighted by Crippen LogP contribution is -2.16. The number of carbonyl (C=O) groups excluding carboxylic acids is 1. The second-order valence-corrected chi connectivity index (χ2v) is 9.52. The molecule has 0 radical (unpaired) electrons. The number of halogens is 3. The molecule has 1 aromatic rings. The number of alkyl halides is 1. The van der Waals surface area contributed by atoms with Crippen molar-refractivity contribution in [2.24, 2.45) is 0 Å². The van der Waals surface area contributed by atoms with Crippen molar-refractivity contribution in [1.29, 1.82) is 0 Å². The van der Waals surface area contributed by atoms with Gasteiger partial charge in [0.05, 0.1) is 23.7 Å². The van der Waals surface area contributed by atoms with E-state index in [9.17, 15) is 18.0 Å². The summed E-state index contributed by atoms with van der Waals surface area (Å²) in [5, 5.41) is 0. The SMILES string of the molecule is CS(C)(C)c1c(F)cc(C2OCCO2)c(C(=O)CF)c1F. The second kappa shape index (κ2) is 5.98. The van der Waals surface area contributed by atoms with E-state index >= 15 is 0 Å². The summed E-state index contributed by atoms with van der Waals surface area (Å²) in [5.74, 6) is -2.81. The number of ketones is 1. The molecule has 0 spiro atoms. The zero-order chi connectivity index (χ0) is 15.8. The van der Waals surface area contributed by atoms with Crippen molar-refractivity contribution >= 4 is 15.8 Å². The van der Waals surface area contributed by atoms with E-state index in [2.05, 4.69) is 0 Å². The van der Waals surface area contributed by atoms with Crippen molar-refractivity contribution in [3.05, 3.63) is 28.8 Å². The summed E-state index contributed by atoms with van der Waals surface area (Å²) in [6.45, 7) is -0.853. The molecule has 0 N–H and O–H groups in total. The van der Waals surface area contributed by atoms with E-state index in [1.807, 2.05) is 0 Å². The third-order valence-electron chi connectivity index (χ3n) is 3.09. The molecule has 0 aliphatic carbocycles. The topological polar surface area (TPSA) is 35.5 Å². The van der Waals surface area contributed by atoms with Crippen LogP contribution < -0.4 is 0 Å². The van der Waals surface area contributed by atoms with Crippen LogP contribution in [0, 0.1) is 11.6 Å². The Balaban J connectivity index is 2.69. The number of ether oxygens (including phenoxy) is 2. The summed E-state index contributed by atoms with van der Waals surface area (Å²) >= 11 is 0. The number of benzene rings is 1. The van der Waals surface area contributed by atoms with Gasteiger partial charge in [-0.2, -0.15) is 0 Å². The van der Waals surface area contributed by atoms with Crippen LogP contribution in [0.4, 0.5) is 13.2 Å². The third kappa shape index (κ3) is 3.09. The summed E-state index contributed by atoms with van der Waals surface area (Å²) in [4.78, 5) is 11.6. The average molecular weight is 322 g/mol. The van der Waals surface area contributed by atoms with Crippen LogP contribution in [0.1, 0.15) is 22.2 Å². The van der Waals surface area contributed by atoms with Crippen molar-refractivity contribution in [2.75, 3.05) is 38.7 Å². The Kier molecular flexibility index (Phi) is 4.65. The lowest BCUT2D eigenvalue weighted by molar-refractivity contribution is -0.0450. The molecule has 0 unspecified atom stereocenters. The van der Waals surface area contributed by atoms with Gasteiger partial charge in [0.15, 0.2) is 18.7 Å². The molecule has 1 saturated heterocycles. The van der Waals surface area contributed by atoms with Crippen LogP contribution in [0.25, 0.3) is 0 Å². The lowest BCUT2D eigenvalue weighted by atomic mass is 10.0. The summed E-state index contributed by atoms with van der Waals surface area (Å²) in [5.41, 5.74) is -0.555. The van der Waals surface area contributed by atoms with E-state index in [0.717, 1.165) is 6.07 Å². The van der Waals surface area contributed by atoms with Gasteiger partial charge in [0.2, 0.25) is 0 Å². The Morgan fingerprint density at radius 2 is 1.86 bits per heavy atom. The molecule has 1 heterocycles. The summed E-state index contributed by atoms with van der Waals surface area (Å²) in [6.07, 6.45) is 4.05. The second-order valence-electron chi connectivity index (χ2n) is 5.43. The molecule has 21 heavy (non-hydrogen) atoms. The zero-order valence-corrected chi connectivity index (χ0v) is 12.9. The Morgan fingerprint density at radius 1 is 1.29 bits per heavy atom. The van der Waals surface area contributed by atoms with E-state index in [1.54, 1.807) is 18.8 Å². The molecule has 2 rings (SSSR count). The first-order valence-electron chi connectivity index (χ1n) is 6.30. The van der Waals surface area contributed by atoms with Gasteiger partial charge in [0.25, 0.3) is 0 Å². The molecular weight excluding hydrogens is 305 g/mol. The quantitative estimate of drug-likeness (QED) is 0.799. The molecule has 7 heteroatoms. The van der Waals surface area contributed by atoms with Crippen LogP contribution in [-0.4, -0.2) is 44.4 Å². The fourth-order valence-corrected chi connectivity index (χ4v) is 3.54. The van der Waals surface area contributed by atoms with E-state index < -0.39 is 46.0 Å². The molecule has 0 saturated carbocycles. The summed E-state index contributed by atoms with van der Waals surface area (Å²) < 4.78 is 52.1. The van der Waals surface area contributed by atoms with Crippen molar-refractivity contribution in [3.8, 4) is 0 Å². The van der Waals surface area contributed by atoms with Gasteiger partial charge in [-0.25, -0.2) is 23.2 Å². The van der Waals surface area contributed by atoms with Gasteiger partial charge in [-0.1, -0.05) is 0 Å². The van der Waals surface area contributed by atoms with E-state index in [0.29, 0.717) is 0 Å². The lowest BCUT2D eigenvalue weighted by Gasteiger charge is -2.28. The minimum atomic E-state index is -1.77. The molecule has 0 atom stereocenters. The smallest absolute Gasteiger partial charge is 0.197 e. The molecule has 118 valence electrons. The highest BCUT2D eigenvalue weighted by molar-refractivity contribution is 8.32. The molecule has 0 aromatic heterocycles. The Labute approximate surface area is 122 Å². The largest absolute Gasteiger partial charge is 0.346 e. The van der Waals surface area contributed by atoms with Crippen LogP contribution in [0.2, 0.25) is 0 Å². The molecule has 0 bridgehead atoms. The molecule has 3 nitrogen and oxygen atoms in total. The maximum atomic E-state index is 14.7. The maximum Gasteiger partial charge on any atom is 0.197 e. The average Bonchev–Trinajstić information content (AvgIpc) is 2.89. The molecule has 1 aliphatic rings. The van der Waals surface area contributed by atoms with Gasteiger partial charge >= 0.3 is 0 Å². The highest BCUT2D eigenvalue weighted by atomic mass is 32.3. The van der Waals surface area contributed by atoms with Crippen LogP contribution in [-0.2, 0) is 9.47 Å². The Bertz CT molecular complexity index is 564. The van der Waals surface area contributed by atoms with Crippen LogP contribution in [0.5, 0.6) is 0 Å². The third-order valence-corrected chi connectivity index (χ3v) is 4.69. The van der Waals surface area contributed by atoms with Gasteiger partial charge in [0, 0.05) is 5.56 Å². The molecular formula is C14H17F3O3S. The Hall–Kier alpha value is -1.05. The number of hydrogen-bond acceptors (Lipinski definition) is 3. The number of hydrogen-bond donors (Lipinski definition) is 0. The molecule has 1 fully saturated rings. The first kappa shape index (κ1) is 16.3. The Morgan fingerprint density at radius 3 is 2.33 bits per heavy atom. The molecule has 1 aromatic carbocycles. The predicted octanol–water partition coefficient (Wildman–Crippen LogP) is 3.22. The predicted molar refractivity (Wildman–Crippen MR) is 74.9 cm³/mol. The minimum Gasteiger partial charge on any atom is -0.346 e. The highest BCUT2D eigenvalue weighted by Gasteiger charge is 2.32. The fraction of sp³-hybridized carbons (Fsp3) is 0.500. The number of rotatable bonds is 4. The summed E-state index contributed by atoms with van der Waals surface area (Å²) in [6, 6.07) is 1.02. The molecule has 1 aliphatic heterocycles. The van der Waals surface area contributed by atoms with Crippen molar-refractivity contribution in [2.45, 2.75) is 11.2 Å². The first-order valence-corrected chi connectivity index (χ1v) is 9.15. The minimum absolute atomic E-state index is 0.0856. The first-order chi connectivity index (χ1) is 9.77. The standard InChI is InChI=1S/C14H17F3O3S/c1-21(2,3)13-9(16)6-8(14-19-4-5-20-14)11(12(13)17)10(18)7-15/h6,14H,4-5,7H2,1-3H3.